The average Bonchev–Trinajstić information content (AvgIpc) is 3.41. The first-order chi connectivity index (χ1) is 20.6. The minimum Gasteiger partial charge on any atom is -0.465 e. The van der Waals surface area contributed by atoms with E-state index in [0.29, 0.717) is 28.2 Å². The van der Waals surface area contributed by atoms with Crippen LogP contribution in [-0.2, 0) is 20.9 Å². The molecule has 0 spiro atoms. The van der Waals surface area contributed by atoms with Crippen LogP contribution in [0.5, 0.6) is 0 Å². The lowest BCUT2D eigenvalue weighted by Gasteiger charge is -2.34. The first-order valence-electron chi connectivity index (χ1n) is 14.8. The number of nitrogens with zero attached hydrogens (tertiary/aromatic N) is 4. The number of nitrogens with one attached hydrogen (secondary N) is 1. The summed E-state index contributed by atoms with van der Waals surface area (Å²) in [6.07, 6.45) is 6.03. The minimum absolute atomic E-state index is 0.121. The van der Waals surface area contributed by atoms with Crippen molar-refractivity contribution in [2.24, 2.45) is 0 Å². The third-order valence-electron chi connectivity index (χ3n) is 7.87. The third-order valence-corrected chi connectivity index (χ3v) is 7.87. The van der Waals surface area contributed by atoms with Gasteiger partial charge in [-0.05, 0) is 87.1 Å². The van der Waals surface area contributed by atoms with Crippen molar-refractivity contribution in [1.29, 1.82) is 0 Å². The molecule has 5 rings (SSSR count). The highest BCUT2D eigenvalue weighted by atomic mass is 16.5. The SMILES string of the molecule is COC(=O)c1ccc(C(C(=O)NC(C)(C)C)N(C(=O)Cn2nnc3ccccc32)c2ccc(C3CCCCC3)cc2)cc1. The number of ether oxygens (including phenoxy) is 1. The largest absolute Gasteiger partial charge is 0.465 e. The Hall–Kier alpha value is -4.53. The van der Waals surface area contributed by atoms with Crippen LogP contribution in [0.3, 0.4) is 0 Å². The molecule has 0 aliphatic heterocycles. The molecule has 1 unspecified atom stereocenters. The predicted octanol–water partition coefficient (Wildman–Crippen LogP) is 5.95. The van der Waals surface area contributed by atoms with E-state index in [2.05, 4.69) is 27.8 Å². The van der Waals surface area contributed by atoms with Crippen LogP contribution in [0.1, 0.15) is 86.3 Å². The third kappa shape index (κ3) is 6.93. The van der Waals surface area contributed by atoms with Gasteiger partial charge in [-0.2, -0.15) is 0 Å². The molecule has 1 aliphatic carbocycles. The van der Waals surface area contributed by atoms with Gasteiger partial charge in [0, 0.05) is 11.2 Å². The number of anilines is 1. The number of benzene rings is 3. The van der Waals surface area contributed by atoms with Crippen molar-refractivity contribution in [1.82, 2.24) is 20.3 Å². The van der Waals surface area contributed by atoms with Gasteiger partial charge in [-0.1, -0.05) is 60.9 Å². The molecule has 1 atom stereocenters. The summed E-state index contributed by atoms with van der Waals surface area (Å²) in [7, 11) is 1.32. The smallest absolute Gasteiger partial charge is 0.337 e. The second-order valence-corrected chi connectivity index (χ2v) is 12.2. The van der Waals surface area contributed by atoms with Gasteiger partial charge in [0.1, 0.15) is 18.1 Å². The zero-order chi connectivity index (χ0) is 30.6. The highest BCUT2D eigenvalue weighted by Crippen LogP contribution is 2.35. The Bertz CT molecular complexity index is 1580. The summed E-state index contributed by atoms with van der Waals surface area (Å²) in [6.45, 7) is 5.57. The number of carbonyl (C=O) groups excluding carboxylic acids is 3. The lowest BCUT2D eigenvalue weighted by atomic mass is 9.84. The molecule has 1 aromatic heterocycles. The Balaban J connectivity index is 1.58. The standard InChI is InChI=1S/C34H39N5O4/c1-34(2,3)35-32(41)31(25-14-16-26(17-15-25)33(42)43-4)39(27-20-18-24(19-21-27)23-10-6-5-7-11-23)30(40)22-38-29-13-9-8-12-28(29)36-37-38/h8-9,12-21,23,31H,5-7,10-11,22H2,1-4H3,(H,35,41). The molecule has 1 fully saturated rings. The molecule has 9 nitrogen and oxygen atoms in total. The van der Waals surface area contributed by atoms with Gasteiger partial charge in [0.25, 0.3) is 0 Å². The fraction of sp³-hybridized carbons (Fsp3) is 0.382. The summed E-state index contributed by atoms with van der Waals surface area (Å²) in [6, 6.07) is 21.1. The molecule has 9 heteroatoms. The van der Waals surface area contributed by atoms with E-state index in [1.165, 1.54) is 36.8 Å². The number of methoxy groups -OCH3 is 1. The molecule has 0 radical (unpaired) electrons. The van der Waals surface area contributed by atoms with Gasteiger partial charge in [-0.25, -0.2) is 9.48 Å². The number of aromatic nitrogens is 3. The van der Waals surface area contributed by atoms with E-state index in [1.54, 1.807) is 28.9 Å². The number of fused-ring (bicyclic) bond motifs is 1. The van der Waals surface area contributed by atoms with Gasteiger partial charge in [0.15, 0.2) is 0 Å². The van der Waals surface area contributed by atoms with Crippen molar-refractivity contribution in [2.45, 2.75) is 76.9 Å². The fourth-order valence-corrected chi connectivity index (χ4v) is 5.79. The number of rotatable bonds is 8. The second kappa shape index (κ2) is 12.8. The average molecular weight is 582 g/mol. The molecule has 1 N–H and O–H groups in total. The van der Waals surface area contributed by atoms with Gasteiger partial charge in [0.05, 0.1) is 18.2 Å². The highest BCUT2D eigenvalue weighted by Gasteiger charge is 2.35. The number of para-hydroxylation sites is 1. The molecule has 43 heavy (non-hydrogen) atoms. The fourth-order valence-electron chi connectivity index (χ4n) is 5.79. The van der Waals surface area contributed by atoms with E-state index < -0.39 is 17.6 Å². The summed E-state index contributed by atoms with van der Waals surface area (Å²) in [5, 5.41) is 11.5. The van der Waals surface area contributed by atoms with Crippen molar-refractivity contribution < 1.29 is 19.1 Å². The summed E-state index contributed by atoms with van der Waals surface area (Å²) < 4.78 is 6.42. The van der Waals surface area contributed by atoms with Crippen LogP contribution >= 0.6 is 0 Å². The zero-order valence-electron chi connectivity index (χ0n) is 25.2. The maximum atomic E-state index is 14.3. The van der Waals surface area contributed by atoms with Crippen molar-refractivity contribution in [3.05, 3.63) is 89.5 Å². The Morgan fingerprint density at radius 3 is 2.28 bits per heavy atom. The summed E-state index contributed by atoms with van der Waals surface area (Å²) in [5.41, 5.74) is 3.60. The molecular formula is C34H39N5O4. The lowest BCUT2D eigenvalue weighted by Crippen LogP contribution is -2.50. The summed E-state index contributed by atoms with van der Waals surface area (Å²) in [4.78, 5) is 42.1. The van der Waals surface area contributed by atoms with E-state index in [1.807, 2.05) is 57.2 Å². The monoisotopic (exact) mass is 581 g/mol. The molecule has 1 aliphatic rings. The molecule has 224 valence electrons. The first kappa shape index (κ1) is 29.9. The van der Waals surface area contributed by atoms with Crippen molar-refractivity contribution in [2.75, 3.05) is 12.0 Å². The van der Waals surface area contributed by atoms with Crippen LogP contribution in [0.15, 0.2) is 72.8 Å². The highest BCUT2D eigenvalue weighted by molar-refractivity contribution is 6.02. The Morgan fingerprint density at radius 2 is 1.63 bits per heavy atom. The maximum absolute atomic E-state index is 14.3. The number of esters is 1. The normalized spacial score (nSPS) is 14.7. The summed E-state index contributed by atoms with van der Waals surface area (Å²) in [5.74, 6) is -0.649. The number of hydrogen-bond donors (Lipinski definition) is 1. The van der Waals surface area contributed by atoms with Gasteiger partial charge >= 0.3 is 5.97 Å². The quantitative estimate of drug-likeness (QED) is 0.258. The summed E-state index contributed by atoms with van der Waals surface area (Å²) >= 11 is 0. The molecule has 1 saturated carbocycles. The molecule has 4 aromatic rings. The van der Waals surface area contributed by atoms with Gasteiger partial charge < -0.3 is 10.1 Å². The van der Waals surface area contributed by atoms with Crippen LogP contribution in [0, 0.1) is 0 Å². The van der Waals surface area contributed by atoms with Crippen LogP contribution in [0.25, 0.3) is 11.0 Å². The van der Waals surface area contributed by atoms with E-state index in [4.69, 9.17) is 4.74 Å². The van der Waals surface area contributed by atoms with Gasteiger partial charge in [-0.3, -0.25) is 14.5 Å². The van der Waals surface area contributed by atoms with Crippen LogP contribution in [-0.4, -0.2) is 45.4 Å². The Labute approximate surface area is 252 Å². The number of carbonyl (C=O) groups is 3. The van der Waals surface area contributed by atoms with E-state index in [9.17, 15) is 14.4 Å². The predicted molar refractivity (Wildman–Crippen MR) is 166 cm³/mol. The van der Waals surface area contributed by atoms with Gasteiger partial charge in [-0.15, -0.1) is 5.10 Å². The van der Waals surface area contributed by atoms with Crippen LogP contribution in [0.4, 0.5) is 5.69 Å². The van der Waals surface area contributed by atoms with Crippen molar-refractivity contribution >= 4 is 34.5 Å². The zero-order valence-corrected chi connectivity index (χ0v) is 25.2. The molecule has 0 bridgehead atoms. The molecule has 2 amide bonds. The van der Waals surface area contributed by atoms with Crippen LogP contribution in [0.2, 0.25) is 0 Å². The van der Waals surface area contributed by atoms with Crippen molar-refractivity contribution in [3.63, 3.8) is 0 Å². The number of amides is 2. The second-order valence-electron chi connectivity index (χ2n) is 12.2. The van der Waals surface area contributed by atoms with E-state index in [-0.39, 0.29) is 18.4 Å². The van der Waals surface area contributed by atoms with Gasteiger partial charge in [0.2, 0.25) is 11.8 Å². The van der Waals surface area contributed by atoms with E-state index in [0.717, 1.165) is 18.4 Å². The molecule has 1 heterocycles. The molecule has 3 aromatic carbocycles. The minimum atomic E-state index is -1.02. The molecule has 0 saturated heterocycles. The Kier molecular flexibility index (Phi) is 8.89. The topological polar surface area (TPSA) is 106 Å². The molecular weight excluding hydrogens is 542 g/mol. The lowest BCUT2D eigenvalue weighted by molar-refractivity contribution is -0.128. The van der Waals surface area contributed by atoms with Crippen molar-refractivity contribution in [3.8, 4) is 0 Å². The first-order valence-corrected chi connectivity index (χ1v) is 14.8. The Morgan fingerprint density at radius 1 is 0.953 bits per heavy atom. The maximum Gasteiger partial charge on any atom is 0.337 e. The number of hydrogen-bond acceptors (Lipinski definition) is 6. The van der Waals surface area contributed by atoms with E-state index >= 15 is 0 Å². The van der Waals surface area contributed by atoms with Crippen LogP contribution < -0.4 is 10.2 Å².